The molecule has 1 aromatic rings. The Bertz CT molecular complexity index is 331. The van der Waals surface area contributed by atoms with E-state index in [1.807, 2.05) is 11.3 Å². The lowest BCUT2D eigenvalue weighted by Gasteiger charge is -2.11. The fraction of sp³-hybridized carbons (Fsp3) is 0.727. The average Bonchev–Trinajstić information content (AvgIpc) is 2.99. The zero-order valence-corrected chi connectivity index (χ0v) is 10.5. The van der Waals surface area contributed by atoms with E-state index in [2.05, 4.69) is 36.1 Å². The van der Waals surface area contributed by atoms with Gasteiger partial charge in [0, 0.05) is 31.1 Å². The number of aryl methyl sites for hydroxylation is 1. The molecule has 0 unspecified atom stereocenters. The van der Waals surface area contributed by atoms with Gasteiger partial charge in [0.1, 0.15) is 0 Å². The van der Waals surface area contributed by atoms with Crippen LogP contribution in [0, 0.1) is 6.92 Å². The van der Waals surface area contributed by atoms with Gasteiger partial charge < -0.3 is 10.2 Å². The molecule has 0 bridgehead atoms. The molecule has 1 aliphatic rings. The fourth-order valence-corrected chi connectivity index (χ4v) is 2.44. The molecule has 0 radical (unpaired) electrons. The van der Waals surface area contributed by atoms with E-state index in [0.717, 1.165) is 24.3 Å². The van der Waals surface area contributed by atoms with Crippen LogP contribution in [-0.2, 0) is 6.54 Å². The van der Waals surface area contributed by atoms with Crippen molar-refractivity contribution in [2.45, 2.75) is 39.3 Å². The minimum atomic E-state index is 0.777. The van der Waals surface area contributed by atoms with Gasteiger partial charge in [-0.2, -0.15) is 0 Å². The van der Waals surface area contributed by atoms with E-state index < -0.39 is 0 Å². The number of hydrogen-bond acceptors (Lipinski definition) is 4. The molecule has 1 aliphatic carbocycles. The van der Waals surface area contributed by atoms with Crippen molar-refractivity contribution >= 4 is 16.5 Å². The third-order valence-corrected chi connectivity index (χ3v) is 4.08. The molecule has 1 N–H and O–H groups in total. The second-order valence-corrected chi connectivity index (χ2v) is 5.24. The van der Waals surface area contributed by atoms with Crippen molar-refractivity contribution in [3.63, 3.8) is 0 Å². The summed E-state index contributed by atoms with van der Waals surface area (Å²) >= 11 is 1.81. The normalized spacial score (nSPS) is 15.7. The van der Waals surface area contributed by atoms with Crippen LogP contribution >= 0.6 is 11.3 Å². The smallest absolute Gasteiger partial charge is 0.185 e. The molecule has 1 heterocycles. The molecule has 4 heteroatoms. The summed E-state index contributed by atoms with van der Waals surface area (Å²) in [7, 11) is 2.09. The molecule has 0 aromatic carbocycles. The van der Waals surface area contributed by atoms with Crippen LogP contribution in [0.25, 0.3) is 0 Å². The topological polar surface area (TPSA) is 28.2 Å². The number of nitrogens with zero attached hydrogens (tertiary/aromatic N) is 2. The number of nitrogens with one attached hydrogen (secondary N) is 1. The van der Waals surface area contributed by atoms with Crippen LogP contribution in [0.3, 0.4) is 0 Å². The zero-order valence-electron chi connectivity index (χ0n) is 9.71. The Hall–Kier alpha value is -0.610. The predicted molar refractivity (Wildman–Crippen MR) is 65.7 cm³/mol. The number of anilines is 1. The second kappa shape index (κ2) is 4.49. The highest BCUT2D eigenvalue weighted by Gasteiger charge is 2.21. The van der Waals surface area contributed by atoms with E-state index in [4.69, 9.17) is 0 Å². The van der Waals surface area contributed by atoms with Crippen LogP contribution < -0.4 is 10.2 Å². The summed E-state index contributed by atoms with van der Waals surface area (Å²) in [6.45, 7) is 6.26. The summed E-state index contributed by atoms with van der Waals surface area (Å²) in [5, 5.41) is 4.68. The number of rotatable bonds is 5. The van der Waals surface area contributed by atoms with Gasteiger partial charge in [-0.05, 0) is 26.7 Å². The summed E-state index contributed by atoms with van der Waals surface area (Å²) in [6, 6.07) is 0.777. The van der Waals surface area contributed by atoms with Crippen molar-refractivity contribution in [2.24, 2.45) is 0 Å². The first-order chi connectivity index (χ1) is 7.20. The molecule has 1 aromatic heterocycles. The predicted octanol–water partition coefficient (Wildman–Crippen LogP) is 2.16. The summed E-state index contributed by atoms with van der Waals surface area (Å²) < 4.78 is 0. The van der Waals surface area contributed by atoms with Gasteiger partial charge in [-0.1, -0.05) is 0 Å². The van der Waals surface area contributed by atoms with E-state index in [1.165, 1.54) is 23.4 Å². The Kier molecular flexibility index (Phi) is 3.26. The van der Waals surface area contributed by atoms with Crippen molar-refractivity contribution in [2.75, 3.05) is 18.5 Å². The molecular weight excluding hydrogens is 206 g/mol. The van der Waals surface area contributed by atoms with Crippen LogP contribution in [-0.4, -0.2) is 24.6 Å². The Morgan fingerprint density at radius 1 is 1.53 bits per heavy atom. The van der Waals surface area contributed by atoms with E-state index in [1.54, 1.807) is 0 Å². The van der Waals surface area contributed by atoms with Crippen LogP contribution in [0.4, 0.5) is 5.13 Å². The molecule has 1 fully saturated rings. The third-order valence-electron chi connectivity index (χ3n) is 2.81. The highest BCUT2D eigenvalue weighted by molar-refractivity contribution is 7.15. The Labute approximate surface area is 95.5 Å². The van der Waals surface area contributed by atoms with Gasteiger partial charge in [-0.25, -0.2) is 4.98 Å². The van der Waals surface area contributed by atoms with Gasteiger partial charge >= 0.3 is 0 Å². The fourth-order valence-electron chi connectivity index (χ4n) is 1.40. The minimum Gasteiger partial charge on any atom is -0.351 e. The van der Waals surface area contributed by atoms with Gasteiger partial charge in [0.25, 0.3) is 0 Å². The maximum Gasteiger partial charge on any atom is 0.185 e. The van der Waals surface area contributed by atoms with Crippen molar-refractivity contribution in [3.05, 3.63) is 10.6 Å². The first-order valence-corrected chi connectivity index (χ1v) is 6.43. The first kappa shape index (κ1) is 10.9. The molecule has 1 saturated carbocycles. The third kappa shape index (κ3) is 2.69. The summed E-state index contributed by atoms with van der Waals surface area (Å²) in [5.41, 5.74) is 1.18. The molecule has 2 rings (SSSR count). The largest absolute Gasteiger partial charge is 0.351 e. The van der Waals surface area contributed by atoms with Crippen molar-refractivity contribution in [1.82, 2.24) is 10.3 Å². The SMILES string of the molecule is CCN(C)c1nc(C)c(CNC2CC2)s1. The van der Waals surface area contributed by atoms with E-state index in [0.29, 0.717) is 0 Å². The highest BCUT2D eigenvalue weighted by Crippen LogP contribution is 2.26. The highest BCUT2D eigenvalue weighted by atomic mass is 32.1. The number of aromatic nitrogens is 1. The Balaban J connectivity index is 1.99. The lowest BCUT2D eigenvalue weighted by molar-refractivity contribution is 0.691. The molecule has 15 heavy (non-hydrogen) atoms. The number of hydrogen-bond donors (Lipinski definition) is 1. The molecule has 3 nitrogen and oxygen atoms in total. The van der Waals surface area contributed by atoms with Crippen LogP contribution in [0.15, 0.2) is 0 Å². The Morgan fingerprint density at radius 2 is 2.27 bits per heavy atom. The van der Waals surface area contributed by atoms with Gasteiger partial charge in [0.2, 0.25) is 0 Å². The van der Waals surface area contributed by atoms with Crippen molar-refractivity contribution < 1.29 is 0 Å². The lowest BCUT2D eigenvalue weighted by Crippen LogP contribution is -2.15. The van der Waals surface area contributed by atoms with Crippen LogP contribution in [0.2, 0.25) is 0 Å². The molecular formula is C11H19N3S. The number of thiazole rings is 1. The second-order valence-electron chi connectivity index (χ2n) is 4.17. The molecule has 84 valence electrons. The molecule has 0 atom stereocenters. The molecule has 0 spiro atoms. The minimum absolute atomic E-state index is 0.777. The maximum atomic E-state index is 4.58. The summed E-state index contributed by atoms with van der Waals surface area (Å²) in [5.74, 6) is 0. The van der Waals surface area contributed by atoms with E-state index >= 15 is 0 Å². The van der Waals surface area contributed by atoms with Crippen molar-refractivity contribution in [3.8, 4) is 0 Å². The maximum absolute atomic E-state index is 4.58. The molecule has 0 amide bonds. The Morgan fingerprint density at radius 3 is 2.87 bits per heavy atom. The zero-order chi connectivity index (χ0) is 10.8. The molecule has 0 aliphatic heterocycles. The van der Waals surface area contributed by atoms with Crippen molar-refractivity contribution in [1.29, 1.82) is 0 Å². The first-order valence-electron chi connectivity index (χ1n) is 5.61. The van der Waals surface area contributed by atoms with E-state index in [9.17, 15) is 0 Å². The van der Waals surface area contributed by atoms with Crippen LogP contribution in [0.1, 0.15) is 30.3 Å². The quantitative estimate of drug-likeness (QED) is 0.832. The van der Waals surface area contributed by atoms with Gasteiger partial charge in [-0.15, -0.1) is 11.3 Å². The van der Waals surface area contributed by atoms with Crippen LogP contribution in [0.5, 0.6) is 0 Å². The average molecular weight is 225 g/mol. The van der Waals surface area contributed by atoms with Gasteiger partial charge in [0.15, 0.2) is 5.13 Å². The lowest BCUT2D eigenvalue weighted by atomic mass is 10.4. The van der Waals surface area contributed by atoms with E-state index in [-0.39, 0.29) is 0 Å². The van der Waals surface area contributed by atoms with Gasteiger partial charge in [-0.3, -0.25) is 0 Å². The van der Waals surface area contributed by atoms with Gasteiger partial charge in [0.05, 0.1) is 5.69 Å². The monoisotopic (exact) mass is 225 g/mol. The standard InChI is InChI=1S/C11H19N3S/c1-4-14(3)11-13-8(2)10(15-11)7-12-9-5-6-9/h9,12H,4-7H2,1-3H3. The summed E-state index contributed by atoms with van der Waals surface area (Å²) in [6.07, 6.45) is 2.69. The molecule has 0 saturated heterocycles. The summed E-state index contributed by atoms with van der Waals surface area (Å²) in [4.78, 5) is 8.16.